The van der Waals surface area contributed by atoms with E-state index in [1.165, 1.54) is 12.1 Å². The van der Waals surface area contributed by atoms with E-state index in [-0.39, 0.29) is 22.9 Å². The molecule has 2 N–H and O–H groups in total. The van der Waals surface area contributed by atoms with Crippen molar-refractivity contribution < 1.29 is 23.2 Å². The number of fused-ring (bicyclic) bond motifs is 1. The monoisotopic (exact) mass is 476 g/mol. The molecule has 0 unspecified atom stereocenters. The van der Waals surface area contributed by atoms with Gasteiger partial charge in [0.15, 0.2) is 0 Å². The number of carbonyl (C=O) groups excluding carboxylic acids is 2. The fourth-order valence-electron chi connectivity index (χ4n) is 4.32. The van der Waals surface area contributed by atoms with Gasteiger partial charge in [0.2, 0.25) is 5.78 Å². The highest BCUT2D eigenvalue weighted by atomic mass is 19.1. The summed E-state index contributed by atoms with van der Waals surface area (Å²) in [6.45, 7) is 6.14. The number of hydrogen-bond donors (Lipinski definition) is 2. The van der Waals surface area contributed by atoms with Gasteiger partial charge in [0.05, 0.1) is 18.8 Å². The van der Waals surface area contributed by atoms with Crippen LogP contribution in [0.1, 0.15) is 32.0 Å². The van der Waals surface area contributed by atoms with Crippen LogP contribution >= 0.6 is 0 Å². The van der Waals surface area contributed by atoms with Crippen molar-refractivity contribution in [1.82, 2.24) is 20.4 Å². The largest absolute Gasteiger partial charge is 0.379 e. The Balaban J connectivity index is 1.35. The molecular weight excluding hydrogens is 451 g/mol. The number of aromatic amines is 1. The Morgan fingerprint density at radius 2 is 2.00 bits per heavy atom. The van der Waals surface area contributed by atoms with E-state index in [0.29, 0.717) is 39.9 Å². The van der Waals surface area contributed by atoms with Gasteiger partial charge >= 0.3 is 0 Å². The number of aryl methyl sites for hydroxylation is 1. The third kappa shape index (κ3) is 4.73. The van der Waals surface area contributed by atoms with Crippen molar-refractivity contribution in [2.24, 2.45) is 0 Å². The van der Waals surface area contributed by atoms with Crippen molar-refractivity contribution in [3.63, 3.8) is 0 Å². The summed E-state index contributed by atoms with van der Waals surface area (Å²) in [7, 11) is 0. The molecule has 8 nitrogen and oxygen atoms in total. The maximum Gasteiger partial charge on any atom is 0.251 e. The average Bonchev–Trinajstić information content (AvgIpc) is 3.47. The molecule has 0 bridgehead atoms. The minimum absolute atomic E-state index is 0.175. The van der Waals surface area contributed by atoms with Crippen LogP contribution in [0.2, 0.25) is 0 Å². The summed E-state index contributed by atoms with van der Waals surface area (Å²) in [5, 5.41) is 7.62. The molecule has 5 rings (SSSR count). The molecule has 4 aromatic rings. The Morgan fingerprint density at radius 1 is 1.17 bits per heavy atom. The Hall–Kier alpha value is -3.82. The molecule has 0 aliphatic carbocycles. The molecular formula is C26H25FN4O4. The SMILES string of the molecule is Cc1onc(-c2cccc(F)c2)c1C(=O)c1c[nH]c2cc(C(=O)NCCN3CCOCC3)ccc12. The number of ketones is 1. The average molecular weight is 477 g/mol. The summed E-state index contributed by atoms with van der Waals surface area (Å²) in [6, 6.07) is 11.1. The van der Waals surface area contributed by atoms with Crippen LogP contribution in [0.3, 0.4) is 0 Å². The molecule has 2 aromatic heterocycles. The normalized spacial score (nSPS) is 14.3. The van der Waals surface area contributed by atoms with Gasteiger partial charge in [-0.05, 0) is 31.2 Å². The van der Waals surface area contributed by atoms with Gasteiger partial charge in [-0.3, -0.25) is 14.5 Å². The standard InChI is InChI=1S/C26H25FN4O4/c1-16-23(24(30-35-16)17-3-2-4-19(27)13-17)25(32)21-15-29-22-14-18(5-6-20(21)22)26(33)28-7-8-31-9-11-34-12-10-31/h2-6,13-15,29H,7-12H2,1H3,(H,28,33). The number of ether oxygens (including phenoxy) is 1. The number of nitrogens with zero attached hydrogens (tertiary/aromatic N) is 2. The van der Waals surface area contributed by atoms with Crippen molar-refractivity contribution in [3.05, 3.63) is 76.9 Å². The lowest BCUT2D eigenvalue weighted by Gasteiger charge is -2.26. The molecule has 1 fully saturated rings. The highest BCUT2D eigenvalue weighted by Gasteiger charge is 2.25. The van der Waals surface area contributed by atoms with Crippen LogP contribution in [-0.4, -0.2) is 66.1 Å². The van der Waals surface area contributed by atoms with Gasteiger partial charge in [0, 0.05) is 60.0 Å². The number of halogens is 1. The van der Waals surface area contributed by atoms with Crippen molar-refractivity contribution in [2.45, 2.75) is 6.92 Å². The number of H-pyrrole nitrogens is 1. The molecule has 9 heteroatoms. The highest BCUT2D eigenvalue weighted by molar-refractivity contribution is 6.19. The number of carbonyl (C=O) groups is 2. The van der Waals surface area contributed by atoms with Crippen LogP contribution < -0.4 is 5.32 Å². The van der Waals surface area contributed by atoms with E-state index >= 15 is 0 Å². The summed E-state index contributed by atoms with van der Waals surface area (Å²) in [5.41, 5.74) is 2.61. The smallest absolute Gasteiger partial charge is 0.251 e. The maximum atomic E-state index is 13.8. The summed E-state index contributed by atoms with van der Waals surface area (Å²) < 4.78 is 24.4. The number of nitrogens with one attached hydrogen (secondary N) is 2. The fraction of sp³-hybridized carbons (Fsp3) is 0.269. The predicted octanol–water partition coefficient (Wildman–Crippen LogP) is 3.56. The van der Waals surface area contributed by atoms with E-state index in [2.05, 4.69) is 20.4 Å². The van der Waals surface area contributed by atoms with E-state index in [4.69, 9.17) is 9.26 Å². The van der Waals surface area contributed by atoms with Crippen LogP contribution in [0, 0.1) is 12.7 Å². The van der Waals surface area contributed by atoms with E-state index < -0.39 is 5.82 Å². The molecule has 3 heterocycles. The molecule has 0 atom stereocenters. The Bertz CT molecular complexity index is 1390. The maximum absolute atomic E-state index is 13.8. The number of aromatic nitrogens is 2. The van der Waals surface area contributed by atoms with Gasteiger partial charge < -0.3 is 19.6 Å². The molecule has 0 saturated carbocycles. The molecule has 0 spiro atoms. The molecule has 1 saturated heterocycles. The van der Waals surface area contributed by atoms with Gasteiger partial charge in [0.25, 0.3) is 5.91 Å². The summed E-state index contributed by atoms with van der Waals surface area (Å²) in [6.07, 6.45) is 1.61. The van der Waals surface area contributed by atoms with Gasteiger partial charge in [0.1, 0.15) is 17.3 Å². The second kappa shape index (κ2) is 9.81. The van der Waals surface area contributed by atoms with Gasteiger partial charge in [-0.15, -0.1) is 0 Å². The van der Waals surface area contributed by atoms with Crippen LogP contribution in [0.25, 0.3) is 22.2 Å². The lowest BCUT2D eigenvalue weighted by molar-refractivity contribution is 0.0383. The highest BCUT2D eigenvalue weighted by Crippen LogP contribution is 2.30. The summed E-state index contributed by atoms with van der Waals surface area (Å²) >= 11 is 0. The zero-order valence-corrected chi connectivity index (χ0v) is 19.3. The third-order valence-corrected chi connectivity index (χ3v) is 6.19. The zero-order chi connectivity index (χ0) is 24.4. The lowest BCUT2D eigenvalue weighted by Crippen LogP contribution is -2.41. The summed E-state index contributed by atoms with van der Waals surface area (Å²) in [5.74, 6) is -0.549. The second-order valence-corrected chi connectivity index (χ2v) is 8.47. The van der Waals surface area contributed by atoms with Crippen molar-refractivity contribution >= 4 is 22.6 Å². The van der Waals surface area contributed by atoms with Crippen LogP contribution in [0.5, 0.6) is 0 Å². The first-order valence-electron chi connectivity index (χ1n) is 11.5. The predicted molar refractivity (Wildman–Crippen MR) is 128 cm³/mol. The fourth-order valence-corrected chi connectivity index (χ4v) is 4.32. The van der Waals surface area contributed by atoms with E-state index in [0.717, 1.165) is 32.8 Å². The second-order valence-electron chi connectivity index (χ2n) is 8.47. The van der Waals surface area contributed by atoms with Gasteiger partial charge in [-0.2, -0.15) is 0 Å². The third-order valence-electron chi connectivity index (χ3n) is 6.19. The topological polar surface area (TPSA) is 100 Å². The number of rotatable bonds is 7. The molecule has 1 amide bonds. The Labute approximate surface area is 201 Å². The first-order valence-corrected chi connectivity index (χ1v) is 11.5. The first kappa shape index (κ1) is 22.9. The van der Waals surface area contributed by atoms with Crippen molar-refractivity contribution in [1.29, 1.82) is 0 Å². The van der Waals surface area contributed by atoms with Crippen LogP contribution in [-0.2, 0) is 4.74 Å². The number of benzene rings is 2. The molecule has 180 valence electrons. The van der Waals surface area contributed by atoms with Gasteiger partial charge in [-0.1, -0.05) is 23.4 Å². The molecule has 1 aliphatic heterocycles. The Kier molecular flexibility index (Phi) is 6.43. The van der Waals surface area contributed by atoms with E-state index in [9.17, 15) is 14.0 Å². The number of hydrogen-bond acceptors (Lipinski definition) is 6. The molecule has 0 radical (unpaired) electrons. The van der Waals surface area contributed by atoms with Gasteiger partial charge in [-0.25, -0.2) is 4.39 Å². The molecule has 35 heavy (non-hydrogen) atoms. The summed E-state index contributed by atoms with van der Waals surface area (Å²) in [4.78, 5) is 31.5. The quantitative estimate of drug-likeness (QED) is 0.396. The minimum atomic E-state index is -0.426. The van der Waals surface area contributed by atoms with Crippen LogP contribution in [0.15, 0.2) is 53.2 Å². The van der Waals surface area contributed by atoms with Crippen molar-refractivity contribution in [2.75, 3.05) is 39.4 Å². The Morgan fingerprint density at radius 3 is 2.80 bits per heavy atom. The van der Waals surface area contributed by atoms with Crippen molar-refractivity contribution in [3.8, 4) is 11.3 Å². The zero-order valence-electron chi connectivity index (χ0n) is 19.3. The number of morpholine rings is 1. The first-order chi connectivity index (χ1) is 17.0. The molecule has 1 aliphatic rings. The van der Waals surface area contributed by atoms with E-state index in [1.54, 1.807) is 43.5 Å². The molecule has 2 aromatic carbocycles. The lowest BCUT2D eigenvalue weighted by atomic mass is 9.97. The minimum Gasteiger partial charge on any atom is -0.379 e. The van der Waals surface area contributed by atoms with E-state index in [1.807, 2.05) is 0 Å². The van der Waals surface area contributed by atoms with Crippen LogP contribution in [0.4, 0.5) is 4.39 Å². The number of amides is 1.